The highest BCUT2D eigenvalue weighted by Gasteiger charge is 2.30. The van der Waals surface area contributed by atoms with E-state index in [1.54, 1.807) is 37.4 Å². The van der Waals surface area contributed by atoms with Crippen molar-refractivity contribution < 1.29 is 23.8 Å². The van der Waals surface area contributed by atoms with Gasteiger partial charge in [0.15, 0.2) is 11.5 Å². The fourth-order valence-electron chi connectivity index (χ4n) is 6.14. The number of ether oxygens (including phenoxy) is 3. The minimum absolute atomic E-state index is 0.0818. The molecule has 0 bridgehead atoms. The van der Waals surface area contributed by atoms with E-state index in [-0.39, 0.29) is 22.9 Å². The number of H-pyrrole nitrogens is 2. The van der Waals surface area contributed by atoms with Gasteiger partial charge < -0.3 is 40.1 Å². The van der Waals surface area contributed by atoms with Crippen LogP contribution in [0, 0.1) is 5.92 Å². The number of hydrogen-bond acceptors (Lipinski definition) is 9. The molecule has 2 atom stereocenters. The van der Waals surface area contributed by atoms with E-state index in [1.807, 2.05) is 19.9 Å². The van der Waals surface area contributed by atoms with E-state index in [0.29, 0.717) is 69.9 Å². The molecule has 1 aliphatic rings. The van der Waals surface area contributed by atoms with Gasteiger partial charge in [-0.2, -0.15) is 0 Å². The Morgan fingerprint density at radius 1 is 0.896 bits per heavy atom. The third kappa shape index (κ3) is 6.89. The molecule has 0 fully saturated rings. The first-order valence-electron chi connectivity index (χ1n) is 15.5. The van der Waals surface area contributed by atoms with Gasteiger partial charge in [0.25, 0.3) is 0 Å². The molecule has 13 heteroatoms. The number of aromatic nitrogens is 2. The van der Waals surface area contributed by atoms with Crippen LogP contribution in [0.2, 0.25) is 0 Å². The Bertz CT molecular complexity index is 2070. The van der Waals surface area contributed by atoms with Crippen molar-refractivity contribution in [1.29, 1.82) is 0 Å². The predicted octanol–water partition coefficient (Wildman–Crippen LogP) is 3.86. The molecular formula is C35H39N5O8. The second-order valence-corrected chi connectivity index (χ2v) is 12.1. The molecule has 1 aromatic heterocycles. The van der Waals surface area contributed by atoms with Gasteiger partial charge in [0.1, 0.15) is 6.04 Å². The van der Waals surface area contributed by atoms with Crippen LogP contribution in [0.1, 0.15) is 50.8 Å². The Labute approximate surface area is 276 Å². The van der Waals surface area contributed by atoms with Crippen molar-refractivity contribution in [3.63, 3.8) is 0 Å². The van der Waals surface area contributed by atoms with Crippen molar-refractivity contribution in [2.24, 2.45) is 5.92 Å². The van der Waals surface area contributed by atoms with Gasteiger partial charge >= 0.3 is 11.1 Å². The van der Waals surface area contributed by atoms with Crippen molar-refractivity contribution in [3.8, 4) is 28.4 Å². The molecule has 13 nitrogen and oxygen atoms in total. The van der Waals surface area contributed by atoms with Crippen LogP contribution >= 0.6 is 0 Å². The molecule has 0 radical (unpaired) electrons. The van der Waals surface area contributed by atoms with Crippen LogP contribution in [0.25, 0.3) is 22.2 Å². The first kappa shape index (κ1) is 33.8. The summed E-state index contributed by atoms with van der Waals surface area (Å²) in [4.78, 5) is 68.4. The second kappa shape index (κ2) is 14.0. The minimum Gasteiger partial charge on any atom is -0.493 e. The highest BCUT2D eigenvalue weighted by molar-refractivity contribution is 5.98. The molecule has 4 aromatic rings. The van der Waals surface area contributed by atoms with E-state index in [9.17, 15) is 24.0 Å². The maximum absolute atomic E-state index is 13.9. The zero-order valence-electron chi connectivity index (χ0n) is 27.7. The fraction of sp³-hybridized carbons (Fsp3) is 0.343. The van der Waals surface area contributed by atoms with Crippen LogP contribution in [0.4, 0.5) is 11.4 Å². The third-order valence-corrected chi connectivity index (χ3v) is 8.26. The standard InChI is InChI=1S/C35H39N5O8/c1-17(2)13-27(33(43)37-20-8-11-24-26(15-20)40-35(45)34(44)39-24)38-25-12-9-21-22(16-28(25)42)23(36-18(3)41)10-7-19-14-29(46-4)31(47-5)32(48-6)30(19)21/h8-9,11-12,14-17,23,27H,7,10,13H2,1-6H3,(H,36,41)(H,37,43)(H,38,42)(H,39,44)(H,40,45)/t23-,27-/m0/s1. The van der Waals surface area contributed by atoms with E-state index < -0.39 is 29.1 Å². The molecule has 252 valence electrons. The maximum Gasteiger partial charge on any atom is 0.314 e. The Morgan fingerprint density at radius 2 is 1.60 bits per heavy atom. The van der Waals surface area contributed by atoms with Crippen LogP contribution in [-0.2, 0) is 16.0 Å². The van der Waals surface area contributed by atoms with Gasteiger partial charge in [-0.15, -0.1) is 0 Å². The Morgan fingerprint density at radius 3 is 2.25 bits per heavy atom. The van der Waals surface area contributed by atoms with Crippen LogP contribution < -0.4 is 46.7 Å². The molecule has 2 amide bonds. The number of carbonyl (C=O) groups is 2. The molecule has 0 aliphatic heterocycles. The van der Waals surface area contributed by atoms with Gasteiger partial charge in [0, 0.05) is 18.2 Å². The van der Waals surface area contributed by atoms with Crippen LogP contribution in [0.5, 0.6) is 17.2 Å². The summed E-state index contributed by atoms with van der Waals surface area (Å²) in [5.74, 6) is 0.762. The number of aryl methyl sites for hydroxylation is 1. The van der Waals surface area contributed by atoms with Gasteiger partial charge in [-0.25, -0.2) is 0 Å². The van der Waals surface area contributed by atoms with Crippen molar-refractivity contribution in [1.82, 2.24) is 15.3 Å². The lowest BCUT2D eigenvalue weighted by Gasteiger charge is -2.21. The highest BCUT2D eigenvalue weighted by atomic mass is 16.5. The SMILES string of the molecule is COc1cc2c(c(OC)c1OC)-c1ccc(N[C@@H](CC(C)C)C(=O)Nc3ccc4[nH]c(=O)c(=O)[nH]c4c3)c(=O)cc1[C@@H](NC(C)=O)CC2. The lowest BCUT2D eigenvalue weighted by atomic mass is 9.95. The molecule has 0 spiro atoms. The molecule has 3 aromatic carbocycles. The molecular weight excluding hydrogens is 618 g/mol. The Balaban J connectivity index is 1.58. The summed E-state index contributed by atoms with van der Waals surface area (Å²) in [6, 6.07) is 10.2. The molecule has 0 unspecified atom stereocenters. The molecule has 0 saturated heterocycles. The van der Waals surface area contributed by atoms with Gasteiger partial charge in [0.05, 0.1) is 44.1 Å². The van der Waals surface area contributed by atoms with Gasteiger partial charge in [-0.1, -0.05) is 19.9 Å². The van der Waals surface area contributed by atoms with Crippen LogP contribution in [0.3, 0.4) is 0 Å². The number of hydrogen-bond donors (Lipinski definition) is 5. The van der Waals surface area contributed by atoms with Crippen molar-refractivity contribution in [3.05, 3.63) is 84.5 Å². The van der Waals surface area contributed by atoms with Crippen molar-refractivity contribution in [2.75, 3.05) is 32.0 Å². The molecule has 48 heavy (non-hydrogen) atoms. The Kier molecular flexibility index (Phi) is 9.87. The topological polar surface area (TPSA) is 181 Å². The largest absolute Gasteiger partial charge is 0.493 e. The number of methoxy groups -OCH3 is 3. The van der Waals surface area contributed by atoms with Gasteiger partial charge in [-0.3, -0.25) is 24.0 Å². The quantitative estimate of drug-likeness (QED) is 0.158. The lowest BCUT2D eigenvalue weighted by molar-refractivity contribution is -0.120. The summed E-state index contributed by atoms with van der Waals surface area (Å²) in [6.07, 6.45) is 1.46. The smallest absolute Gasteiger partial charge is 0.314 e. The first-order valence-corrected chi connectivity index (χ1v) is 15.5. The molecule has 0 saturated carbocycles. The minimum atomic E-state index is -0.817. The summed E-state index contributed by atoms with van der Waals surface area (Å²) in [5.41, 5.74) is 2.26. The number of carbonyl (C=O) groups excluding carboxylic acids is 2. The molecule has 5 rings (SSSR count). The number of benzene rings is 2. The van der Waals surface area contributed by atoms with Gasteiger partial charge in [0.2, 0.25) is 23.0 Å². The van der Waals surface area contributed by atoms with Crippen LogP contribution in [0.15, 0.2) is 56.8 Å². The molecule has 1 aliphatic carbocycles. The van der Waals surface area contributed by atoms with Crippen molar-refractivity contribution >= 4 is 34.2 Å². The monoisotopic (exact) mass is 657 g/mol. The van der Waals surface area contributed by atoms with E-state index >= 15 is 0 Å². The number of rotatable bonds is 10. The number of nitrogens with one attached hydrogen (secondary N) is 5. The van der Waals surface area contributed by atoms with Crippen LogP contribution in [-0.4, -0.2) is 49.2 Å². The highest BCUT2D eigenvalue weighted by Crippen LogP contribution is 2.50. The van der Waals surface area contributed by atoms with E-state index in [1.165, 1.54) is 27.2 Å². The zero-order valence-corrected chi connectivity index (χ0v) is 27.7. The summed E-state index contributed by atoms with van der Waals surface area (Å²) < 4.78 is 17.1. The average Bonchev–Trinajstić information content (AvgIpc) is 3.28. The first-order chi connectivity index (χ1) is 22.9. The van der Waals surface area contributed by atoms with E-state index in [2.05, 4.69) is 25.9 Å². The van der Waals surface area contributed by atoms with E-state index in [4.69, 9.17) is 14.2 Å². The third-order valence-electron chi connectivity index (χ3n) is 8.26. The fourth-order valence-corrected chi connectivity index (χ4v) is 6.14. The predicted molar refractivity (Wildman–Crippen MR) is 183 cm³/mol. The summed E-state index contributed by atoms with van der Waals surface area (Å²) in [6.45, 7) is 5.36. The Hall–Kier alpha value is -5.59. The summed E-state index contributed by atoms with van der Waals surface area (Å²) in [7, 11) is 4.60. The van der Waals surface area contributed by atoms with Crippen molar-refractivity contribution in [2.45, 2.75) is 52.1 Å². The zero-order chi connectivity index (χ0) is 34.7. The number of fused-ring (bicyclic) bond motifs is 4. The number of anilines is 2. The average molecular weight is 658 g/mol. The number of amides is 2. The summed E-state index contributed by atoms with van der Waals surface area (Å²) in [5, 5.41) is 9.02. The maximum atomic E-state index is 13.9. The molecule has 5 N–H and O–H groups in total. The van der Waals surface area contributed by atoms with E-state index in [0.717, 1.165) is 5.56 Å². The molecule has 1 heterocycles. The summed E-state index contributed by atoms with van der Waals surface area (Å²) >= 11 is 0. The van der Waals surface area contributed by atoms with Gasteiger partial charge in [-0.05, 0) is 78.3 Å². The normalized spacial score (nSPS) is 14.3. The lowest BCUT2D eigenvalue weighted by Crippen LogP contribution is -2.37. The number of aromatic amines is 2. The second-order valence-electron chi connectivity index (χ2n) is 12.1.